The van der Waals surface area contributed by atoms with E-state index in [0.29, 0.717) is 40.4 Å². The number of ether oxygens (including phenoxy) is 1. The molecule has 27 heavy (non-hydrogen) atoms. The van der Waals surface area contributed by atoms with Gasteiger partial charge in [-0.25, -0.2) is 0 Å². The molecule has 0 spiro atoms. The van der Waals surface area contributed by atoms with Crippen LogP contribution in [0.4, 0.5) is 5.69 Å². The molecule has 0 unspecified atom stereocenters. The van der Waals surface area contributed by atoms with Crippen LogP contribution in [0.1, 0.15) is 26.1 Å². The summed E-state index contributed by atoms with van der Waals surface area (Å²) in [5.41, 5.74) is 5.77. The number of amides is 2. The Labute approximate surface area is 166 Å². The number of aromatic nitrogens is 3. The Morgan fingerprint density at radius 3 is 2.74 bits per heavy atom. The molecule has 0 saturated carbocycles. The number of halogens is 1. The number of carbonyl (C=O) groups is 2. The minimum atomic E-state index is -0.413. The molecule has 8 nitrogen and oxygen atoms in total. The van der Waals surface area contributed by atoms with Gasteiger partial charge in [0.15, 0.2) is 5.16 Å². The first-order chi connectivity index (χ1) is 12.8. The minimum Gasteiger partial charge on any atom is -0.495 e. The molecule has 0 aliphatic carbocycles. The number of aryl methyl sites for hydroxylation is 1. The molecule has 0 saturated heterocycles. The van der Waals surface area contributed by atoms with E-state index in [9.17, 15) is 9.59 Å². The number of primary amides is 1. The van der Waals surface area contributed by atoms with Crippen LogP contribution in [0.5, 0.6) is 5.75 Å². The van der Waals surface area contributed by atoms with Crippen LogP contribution >= 0.6 is 23.4 Å². The van der Waals surface area contributed by atoms with Crippen molar-refractivity contribution in [2.45, 2.75) is 43.6 Å². The molecule has 146 valence electrons. The SMILES string of the molecule is CCn1c(CCC(N)=O)nnc1S[C@H](C)C(=O)Nc1ccc(OC)c(Cl)c1. The summed E-state index contributed by atoms with van der Waals surface area (Å²) in [5, 5.41) is 11.7. The Kier molecular flexibility index (Phi) is 7.49. The summed E-state index contributed by atoms with van der Waals surface area (Å²) in [6, 6.07) is 5.04. The highest BCUT2D eigenvalue weighted by atomic mass is 35.5. The molecule has 0 fully saturated rings. The Morgan fingerprint density at radius 2 is 2.15 bits per heavy atom. The topological polar surface area (TPSA) is 112 Å². The van der Waals surface area contributed by atoms with Crippen molar-refractivity contribution in [2.75, 3.05) is 12.4 Å². The molecular weight excluding hydrogens is 390 g/mol. The van der Waals surface area contributed by atoms with E-state index < -0.39 is 5.25 Å². The highest BCUT2D eigenvalue weighted by molar-refractivity contribution is 8.00. The zero-order chi connectivity index (χ0) is 20.0. The second kappa shape index (κ2) is 9.61. The van der Waals surface area contributed by atoms with Gasteiger partial charge in [0.05, 0.1) is 17.4 Å². The van der Waals surface area contributed by atoms with Crippen LogP contribution in [-0.2, 0) is 22.6 Å². The lowest BCUT2D eigenvalue weighted by atomic mass is 10.3. The van der Waals surface area contributed by atoms with Crippen molar-refractivity contribution >= 4 is 40.9 Å². The van der Waals surface area contributed by atoms with E-state index in [1.165, 1.54) is 18.9 Å². The lowest BCUT2D eigenvalue weighted by molar-refractivity contribution is -0.118. The molecular formula is C17H22ClN5O3S. The first-order valence-electron chi connectivity index (χ1n) is 8.37. The quantitative estimate of drug-likeness (QED) is 0.613. The molecule has 2 rings (SSSR count). The molecule has 3 N–H and O–H groups in total. The van der Waals surface area contributed by atoms with Crippen LogP contribution in [0.15, 0.2) is 23.4 Å². The molecule has 1 aromatic carbocycles. The summed E-state index contributed by atoms with van der Waals surface area (Å²) >= 11 is 7.37. The maximum Gasteiger partial charge on any atom is 0.237 e. The maximum atomic E-state index is 12.5. The van der Waals surface area contributed by atoms with Gasteiger partial charge in [-0.1, -0.05) is 23.4 Å². The van der Waals surface area contributed by atoms with Crippen molar-refractivity contribution in [1.29, 1.82) is 0 Å². The number of nitrogens with two attached hydrogens (primary N) is 1. The van der Waals surface area contributed by atoms with Gasteiger partial charge in [0.1, 0.15) is 11.6 Å². The summed E-state index contributed by atoms with van der Waals surface area (Å²) in [4.78, 5) is 23.5. The van der Waals surface area contributed by atoms with E-state index in [1.54, 1.807) is 25.1 Å². The van der Waals surface area contributed by atoms with Gasteiger partial charge in [0, 0.05) is 25.1 Å². The molecule has 1 heterocycles. The molecule has 0 aliphatic rings. The van der Waals surface area contributed by atoms with Crippen LogP contribution in [0.2, 0.25) is 5.02 Å². The van der Waals surface area contributed by atoms with Crippen LogP contribution < -0.4 is 15.8 Å². The van der Waals surface area contributed by atoms with Crippen molar-refractivity contribution in [3.63, 3.8) is 0 Å². The number of rotatable bonds is 9. The highest BCUT2D eigenvalue weighted by Gasteiger charge is 2.20. The Balaban J connectivity index is 2.03. The van der Waals surface area contributed by atoms with Gasteiger partial charge in [0.2, 0.25) is 11.8 Å². The highest BCUT2D eigenvalue weighted by Crippen LogP contribution is 2.28. The van der Waals surface area contributed by atoms with E-state index in [0.717, 1.165) is 0 Å². The minimum absolute atomic E-state index is 0.189. The van der Waals surface area contributed by atoms with Gasteiger partial charge in [0.25, 0.3) is 0 Å². The van der Waals surface area contributed by atoms with Gasteiger partial charge in [-0.3, -0.25) is 9.59 Å². The first kappa shape index (κ1) is 21.0. The van der Waals surface area contributed by atoms with E-state index >= 15 is 0 Å². The maximum absolute atomic E-state index is 12.5. The zero-order valence-electron chi connectivity index (χ0n) is 15.4. The molecule has 1 aromatic heterocycles. The summed E-state index contributed by atoms with van der Waals surface area (Å²) in [5.74, 6) is 0.635. The summed E-state index contributed by atoms with van der Waals surface area (Å²) in [6.45, 7) is 4.36. The fraction of sp³-hybridized carbons (Fsp3) is 0.412. The van der Waals surface area contributed by atoms with Gasteiger partial charge in [-0.2, -0.15) is 0 Å². The molecule has 0 radical (unpaired) electrons. The molecule has 1 atom stereocenters. The van der Waals surface area contributed by atoms with E-state index in [-0.39, 0.29) is 18.2 Å². The molecule has 10 heteroatoms. The van der Waals surface area contributed by atoms with Gasteiger partial charge in [-0.15, -0.1) is 10.2 Å². The van der Waals surface area contributed by atoms with Crippen molar-refractivity contribution in [3.8, 4) is 5.75 Å². The average molecular weight is 412 g/mol. The second-order valence-electron chi connectivity index (χ2n) is 5.71. The second-order valence-corrected chi connectivity index (χ2v) is 7.42. The number of hydrogen-bond donors (Lipinski definition) is 2. The van der Waals surface area contributed by atoms with Crippen molar-refractivity contribution in [1.82, 2.24) is 14.8 Å². The third kappa shape index (κ3) is 5.61. The van der Waals surface area contributed by atoms with Crippen LogP contribution in [0, 0.1) is 0 Å². The van der Waals surface area contributed by atoms with E-state index in [1.807, 2.05) is 11.5 Å². The smallest absolute Gasteiger partial charge is 0.237 e. The standard InChI is InChI=1S/C17H22ClN5O3S/c1-4-23-15(8-7-14(19)24)21-22-17(23)27-10(2)16(25)20-11-5-6-13(26-3)12(18)9-11/h5-6,9-10H,4,7-8H2,1-3H3,(H2,19,24)(H,20,25)/t10-/m1/s1. The number of carbonyl (C=O) groups excluding carboxylic acids is 2. The summed E-state index contributed by atoms with van der Waals surface area (Å²) < 4.78 is 6.97. The fourth-order valence-corrected chi connectivity index (χ4v) is 3.53. The summed E-state index contributed by atoms with van der Waals surface area (Å²) in [6.07, 6.45) is 0.624. The van der Waals surface area contributed by atoms with Crippen LogP contribution in [-0.4, -0.2) is 38.9 Å². The normalized spacial score (nSPS) is 11.9. The fourth-order valence-electron chi connectivity index (χ4n) is 2.34. The van der Waals surface area contributed by atoms with Crippen molar-refractivity contribution < 1.29 is 14.3 Å². The third-order valence-corrected chi connectivity index (χ3v) is 5.15. The predicted molar refractivity (Wildman–Crippen MR) is 105 cm³/mol. The van der Waals surface area contributed by atoms with Crippen molar-refractivity contribution in [2.24, 2.45) is 5.73 Å². The Bertz CT molecular complexity index is 827. The molecule has 0 bridgehead atoms. The molecule has 0 aliphatic heterocycles. The largest absolute Gasteiger partial charge is 0.495 e. The average Bonchev–Trinajstić information content (AvgIpc) is 3.01. The van der Waals surface area contributed by atoms with Crippen LogP contribution in [0.25, 0.3) is 0 Å². The van der Waals surface area contributed by atoms with E-state index in [4.69, 9.17) is 22.1 Å². The molecule has 2 aromatic rings. The monoisotopic (exact) mass is 411 g/mol. The van der Waals surface area contributed by atoms with E-state index in [2.05, 4.69) is 15.5 Å². The van der Waals surface area contributed by atoms with Gasteiger partial charge < -0.3 is 20.4 Å². The number of nitrogens with zero attached hydrogens (tertiary/aromatic N) is 3. The third-order valence-electron chi connectivity index (χ3n) is 3.78. The first-order valence-corrected chi connectivity index (χ1v) is 9.62. The van der Waals surface area contributed by atoms with Gasteiger partial charge >= 0.3 is 0 Å². The summed E-state index contributed by atoms with van der Waals surface area (Å²) in [7, 11) is 1.53. The van der Waals surface area contributed by atoms with Gasteiger partial charge in [-0.05, 0) is 32.0 Å². The molecule has 2 amide bonds. The number of benzene rings is 1. The lowest BCUT2D eigenvalue weighted by Gasteiger charge is -2.13. The number of thioether (sulfide) groups is 1. The number of hydrogen-bond acceptors (Lipinski definition) is 6. The number of nitrogens with one attached hydrogen (secondary N) is 1. The van der Waals surface area contributed by atoms with Crippen LogP contribution in [0.3, 0.4) is 0 Å². The lowest BCUT2D eigenvalue weighted by Crippen LogP contribution is -2.23. The Hall–Kier alpha value is -2.26. The van der Waals surface area contributed by atoms with Crippen molar-refractivity contribution in [3.05, 3.63) is 29.0 Å². The Morgan fingerprint density at radius 1 is 1.41 bits per heavy atom. The predicted octanol–water partition coefficient (Wildman–Crippen LogP) is 2.50. The number of methoxy groups -OCH3 is 1. The number of anilines is 1. The zero-order valence-corrected chi connectivity index (χ0v) is 16.9.